The summed E-state index contributed by atoms with van der Waals surface area (Å²) in [5.74, 6) is 0.836. The first-order chi connectivity index (χ1) is 10.3. The van der Waals surface area contributed by atoms with E-state index in [1.165, 1.54) is 0 Å². The second-order valence-corrected chi connectivity index (χ2v) is 4.77. The summed E-state index contributed by atoms with van der Waals surface area (Å²) in [5, 5.41) is 11.7. The average Bonchev–Trinajstić information content (AvgIpc) is 3.12. The molecule has 3 heterocycles. The summed E-state index contributed by atoms with van der Waals surface area (Å²) in [6, 6.07) is 11.7. The van der Waals surface area contributed by atoms with Crippen molar-refractivity contribution in [2.75, 3.05) is 17.2 Å². The number of nitrogens with one attached hydrogen (secondary N) is 1. The van der Waals surface area contributed by atoms with Gasteiger partial charge in [0.15, 0.2) is 6.29 Å². The van der Waals surface area contributed by atoms with Gasteiger partial charge in [0.05, 0.1) is 11.9 Å². The van der Waals surface area contributed by atoms with Crippen molar-refractivity contribution in [2.45, 2.75) is 0 Å². The van der Waals surface area contributed by atoms with E-state index in [1.54, 1.807) is 12.3 Å². The Morgan fingerprint density at radius 1 is 1.24 bits per heavy atom. The highest BCUT2D eigenvalue weighted by Gasteiger charge is 2.30. The standard InChI is InChI=1S/C14H12N6O/c1-18-13-7-10(9-21)14-12(8-15-16-14)19(13)20(17-18)11-5-3-2-4-6-11/h2-9,17H,1H3. The molecule has 0 atom stereocenters. The zero-order valence-corrected chi connectivity index (χ0v) is 11.3. The fraction of sp³-hybridized carbons (Fsp3) is 0.0714. The van der Waals surface area contributed by atoms with E-state index >= 15 is 0 Å². The lowest BCUT2D eigenvalue weighted by Gasteiger charge is -2.22. The van der Waals surface area contributed by atoms with Gasteiger partial charge < -0.3 is 0 Å². The van der Waals surface area contributed by atoms with E-state index in [1.807, 2.05) is 52.2 Å². The Morgan fingerprint density at radius 2 is 2.05 bits per heavy atom. The van der Waals surface area contributed by atoms with Crippen LogP contribution in [0.5, 0.6) is 0 Å². The maximum absolute atomic E-state index is 11.2. The summed E-state index contributed by atoms with van der Waals surface area (Å²) in [6.45, 7) is 0. The molecule has 104 valence electrons. The van der Waals surface area contributed by atoms with Gasteiger partial charge in [0.1, 0.15) is 17.2 Å². The SMILES string of the molecule is CN1NN(c2ccccc2)n2c3cnnc-3c(C=O)cc21. The third kappa shape index (κ3) is 1.61. The number of benzene rings is 1. The first kappa shape index (κ1) is 11.9. The van der Waals surface area contributed by atoms with Crippen LogP contribution < -0.4 is 15.7 Å². The fourth-order valence-corrected chi connectivity index (χ4v) is 2.53. The summed E-state index contributed by atoms with van der Waals surface area (Å²) >= 11 is 0. The van der Waals surface area contributed by atoms with E-state index in [-0.39, 0.29) is 0 Å². The molecule has 1 aromatic carbocycles. The number of hydrazine groups is 2. The van der Waals surface area contributed by atoms with Crippen LogP contribution in [0.15, 0.2) is 42.6 Å². The third-order valence-electron chi connectivity index (χ3n) is 3.50. The highest BCUT2D eigenvalue weighted by atomic mass is 16.1. The number of nitrogens with zero attached hydrogens (tertiary/aromatic N) is 5. The minimum Gasteiger partial charge on any atom is -0.298 e. The molecule has 3 aliphatic heterocycles. The van der Waals surface area contributed by atoms with E-state index < -0.39 is 0 Å². The minimum atomic E-state index is 0.525. The van der Waals surface area contributed by atoms with Gasteiger partial charge in [0.2, 0.25) is 0 Å². The van der Waals surface area contributed by atoms with Crippen molar-refractivity contribution in [3.05, 3.63) is 48.2 Å². The molecule has 7 nitrogen and oxygen atoms in total. The lowest BCUT2D eigenvalue weighted by molar-refractivity contribution is 0.112. The van der Waals surface area contributed by atoms with Gasteiger partial charge in [-0.1, -0.05) is 18.2 Å². The number of fused-ring (bicyclic) bond motifs is 3. The number of carbonyl (C=O) groups is 1. The molecule has 21 heavy (non-hydrogen) atoms. The van der Waals surface area contributed by atoms with Crippen LogP contribution in [0.4, 0.5) is 11.5 Å². The molecule has 0 radical (unpaired) electrons. The van der Waals surface area contributed by atoms with E-state index in [4.69, 9.17) is 0 Å². The van der Waals surface area contributed by atoms with Crippen LogP contribution in [-0.2, 0) is 0 Å². The molecule has 0 bridgehead atoms. The Labute approximate surface area is 120 Å². The van der Waals surface area contributed by atoms with Crippen LogP contribution in [0.2, 0.25) is 0 Å². The molecule has 0 unspecified atom stereocenters. The molecule has 4 rings (SSSR count). The molecule has 0 amide bonds. The lowest BCUT2D eigenvalue weighted by Crippen LogP contribution is -2.42. The van der Waals surface area contributed by atoms with Gasteiger partial charge in [0.25, 0.3) is 0 Å². The quantitative estimate of drug-likeness (QED) is 0.714. The van der Waals surface area contributed by atoms with Gasteiger partial charge in [-0.2, -0.15) is 10.2 Å². The van der Waals surface area contributed by atoms with Crippen LogP contribution in [0.1, 0.15) is 10.4 Å². The lowest BCUT2D eigenvalue weighted by atomic mass is 10.1. The van der Waals surface area contributed by atoms with Crippen molar-refractivity contribution in [1.29, 1.82) is 0 Å². The Balaban J connectivity index is 1.97. The van der Waals surface area contributed by atoms with Gasteiger partial charge in [-0.15, -0.1) is 10.6 Å². The number of carbonyl (C=O) groups excluding carboxylic acids is 1. The summed E-state index contributed by atoms with van der Waals surface area (Å²) in [4.78, 5) is 11.2. The second-order valence-electron chi connectivity index (χ2n) is 4.77. The van der Waals surface area contributed by atoms with Crippen LogP contribution >= 0.6 is 0 Å². The Bertz CT molecular complexity index is 784. The van der Waals surface area contributed by atoms with Gasteiger partial charge in [-0.25, -0.2) is 4.68 Å². The normalized spacial score (nSPS) is 13.8. The zero-order valence-electron chi connectivity index (χ0n) is 11.3. The van der Waals surface area contributed by atoms with E-state index in [9.17, 15) is 4.79 Å². The van der Waals surface area contributed by atoms with Crippen LogP contribution in [0, 0.1) is 0 Å². The number of hydrogen-bond donors (Lipinski definition) is 1. The average molecular weight is 280 g/mol. The van der Waals surface area contributed by atoms with Gasteiger partial charge in [-0.05, 0) is 18.2 Å². The minimum absolute atomic E-state index is 0.525. The smallest absolute Gasteiger partial charge is 0.152 e. The third-order valence-corrected chi connectivity index (χ3v) is 3.50. The highest BCUT2D eigenvalue weighted by molar-refractivity contribution is 5.88. The molecule has 1 aromatic rings. The molecule has 0 fully saturated rings. The Morgan fingerprint density at radius 3 is 2.81 bits per heavy atom. The summed E-state index contributed by atoms with van der Waals surface area (Å²) < 4.78 is 1.94. The first-order valence-corrected chi connectivity index (χ1v) is 6.47. The maximum atomic E-state index is 11.2. The number of anilines is 2. The number of para-hydroxylation sites is 1. The molecule has 0 aliphatic carbocycles. The van der Waals surface area contributed by atoms with Crippen molar-refractivity contribution in [1.82, 2.24) is 20.4 Å². The van der Waals surface area contributed by atoms with Gasteiger partial charge in [0, 0.05) is 12.6 Å². The molecular formula is C14H12N6O. The van der Waals surface area contributed by atoms with E-state index in [0.717, 1.165) is 23.5 Å². The Kier molecular flexibility index (Phi) is 2.42. The van der Waals surface area contributed by atoms with Crippen molar-refractivity contribution in [3.8, 4) is 11.4 Å². The first-order valence-electron chi connectivity index (χ1n) is 6.47. The van der Waals surface area contributed by atoms with Crippen molar-refractivity contribution < 1.29 is 4.79 Å². The number of rotatable bonds is 2. The summed E-state index contributed by atoms with van der Waals surface area (Å²) in [6.07, 6.45) is 2.46. The van der Waals surface area contributed by atoms with Crippen LogP contribution in [0.25, 0.3) is 11.4 Å². The monoisotopic (exact) mass is 280 g/mol. The van der Waals surface area contributed by atoms with Crippen molar-refractivity contribution in [2.24, 2.45) is 0 Å². The second kappa shape index (κ2) is 4.29. The fourth-order valence-electron chi connectivity index (χ4n) is 2.53. The van der Waals surface area contributed by atoms with Gasteiger partial charge >= 0.3 is 0 Å². The Hall–Kier alpha value is -2.93. The van der Waals surface area contributed by atoms with Crippen molar-refractivity contribution >= 4 is 17.8 Å². The number of aldehydes is 1. The molecule has 0 aromatic heterocycles. The van der Waals surface area contributed by atoms with Crippen LogP contribution in [0.3, 0.4) is 0 Å². The number of pyridine rings is 1. The topological polar surface area (TPSA) is 66.3 Å². The highest BCUT2D eigenvalue weighted by Crippen LogP contribution is 2.33. The van der Waals surface area contributed by atoms with E-state index in [2.05, 4.69) is 15.7 Å². The number of aromatic nitrogens is 3. The molecule has 1 N–H and O–H groups in total. The zero-order chi connectivity index (χ0) is 14.4. The summed E-state index contributed by atoms with van der Waals surface area (Å²) in [5.41, 5.74) is 6.08. The predicted octanol–water partition coefficient (Wildman–Crippen LogP) is 1.33. The molecular weight excluding hydrogens is 268 g/mol. The van der Waals surface area contributed by atoms with Gasteiger partial charge in [-0.3, -0.25) is 9.80 Å². The number of hydrogen-bond acceptors (Lipinski definition) is 6. The molecule has 0 saturated carbocycles. The van der Waals surface area contributed by atoms with Crippen molar-refractivity contribution in [3.63, 3.8) is 0 Å². The molecule has 0 saturated heterocycles. The molecule has 0 spiro atoms. The molecule has 7 heteroatoms. The predicted molar refractivity (Wildman–Crippen MR) is 77.9 cm³/mol. The molecule has 3 aliphatic rings. The summed E-state index contributed by atoms with van der Waals surface area (Å²) in [7, 11) is 1.89. The largest absolute Gasteiger partial charge is 0.298 e. The maximum Gasteiger partial charge on any atom is 0.152 e. The van der Waals surface area contributed by atoms with Crippen LogP contribution in [-0.4, -0.2) is 28.2 Å². The van der Waals surface area contributed by atoms with E-state index in [0.29, 0.717) is 11.3 Å².